The Balaban J connectivity index is 2.05. The van der Waals surface area contributed by atoms with Crippen molar-refractivity contribution >= 4 is 5.69 Å². The molecular formula is C12H19N3O. The number of nitrogen functional groups attached to an aromatic ring is 1. The van der Waals surface area contributed by atoms with E-state index >= 15 is 0 Å². The van der Waals surface area contributed by atoms with Gasteiger partial charge in [0, 0.05) is 12.1 Å². The van der Waals surface area contributed by atoms with E-state index in [0.717, 1.165) is 12.8 Å². The quantitative estimate of drug-likeness (QED) is 0.812. The summed E-state index contributed by atoms with van der Waals surface area (Å²) in [5.41, 5.74) is 12.2. The second-order valence-electron chi connectivity index (χ2n) is 4.33. The molecule has 0 bridgehead atoms. The van der Waals surface area contributed by atoms with Crippen molar-refractivity contribution in [2.45, 2.75) is 31.8 Å². The van der Waals surface area contributed by atoms with Crippen molar-refractivity contribution in [3.05, 3.63) is 18.3 Å². The molecule has 4 N–H and O–H groups in total. The summed E-state index contributed by atoms with van der Waals surface area (Å²) in [6, 6.07) is 3.62. The number of rotatable bonds is 3. The van der Waals surface area contributed by atoms with Gasteiger partial charge in [0.1, 0.15) is 6.10 Å². The Morgan fingerprint density at radius 1 is 1.38 bits per heavy atom. The molecule has 1 heterocycles. The van der Waals surface area contributed by atoms with Crippen LogP contribution in [0.2, 0.25) is 0 Å². The van der Waals surface area contributed by atoms with Crippen LogP contribution in [0.25, 0.3) is 0 Å². The number of nitrogens with zero attached hydrogens (tertiary/aromatic N) is 1. The third-order valence-electron chi connectivity index (χ3n) is 3.21. The van der Waals surface area contributed by atoms with E-state index < -0.39 is 0 Å². The molecule has 1 fully saturated rings. The molecule has 0 saturated heterocycles. The highest BCUT2D eigenvalue weighted by molar-refractivity contribution is 5.46. The molecule has 0 spiro atoms. The molecule has 1 saturated carbocycles. The molecule has 1 aromatic heterocycles. The van der Waals surface area contributed by atoms with Crippen molar-refractivity contribution in [1.29, 1.82) is 0 Å². The molecule has 4 heteroatoms. The van der Waals surface area contributed by atoms with Crippen LogP contribution in [0.4, 0.5) is 5.69 Å². The van der Waals surface area contributed by atoms with Crippen molar-refractivity contribution in [3.8, 4) is 5.88 Å². The molecule has 0 aromatic carbocycles. The first-order valence-corrected chi connectivity index (χ1v) is 5.88. The smallest absolute Gasteiger partial charge is 0.237 e. The fraction of sp³-hybridized carbons (Fsp3) is 0.583. The molecule has 0 aliphatic heterocycles. The Hall–Kier alpha value is -1.29. The first-order chi connectivity index (χ1) is 7.81. The van der Waals surface area contributed by atoms with E-state index in [1.54, 1.807) is 6.20 Å². The Bertz CT molecular complexity index is 343. The highest BCUT2D eigenvalue weighted by atomic mass is 16.5. The van der Waals surface area contributed by atoms with Crippen LogP contribution in [0.3, 0.4) is 0 Å². The Labute approximate surface area is 96.0 Å². The standard InChI is InChI=1S/C12H19N3O/c13-8-9-4-1-2-6-11(9)16-12-10(14)5-3-7-15-12/h3,5,7,9,11H,1-2,4,6,8,13-14H2. The normalized spacial score (nSPS) is 25.3. The first-order valence-electron chi connectivity index (χ1n) is 5.88. The zero-order valence-corrected chi connectivity index (χ0v) is 9.43. The number of anilines is 1. The van der Waals surface area contributed by atoms with Crippen LogP contribution in [0.15, 0.2) is 18.3 Å². The summed E-state index contributed by atoms with van der Waals surface area (Å²) in [7, 11) is 0. The molecule has 0 amide bonds. The van der Waals surface area contributed by atoms with Crippen LogP contribution in [0, 0.1) is 5.92 Å². The van der Waals surface area contributed by atoms with Crippen molar-refractivity contribution in [2.75, 3.05) is 12.3 Å². The number of aromatic nitrogens is 1. The number of hydrogen-bond acceptors (Lipinski definition) is 4. The molecule has 1 aromatic rings. The van der Waals surface area contributed by atoms with E-state index in [1.807, 2.05) is 12.1 Å². The van der Waals surface area contributed by atoms with Gasteiger partial charge in [0.15, 0.2) is 0 Å². The van der Waals surface area contributed by atoms with E-state index in [2.05, 4.69) is 4.98 Å². The largest absolute Gasteiger partial charge is 0.473 e. The summed E-state index contributed by atoms with van der Waals surface area (Å²) in [4.78, 5) is 4.15. The molecule has 2 unspecified atom stereocenters. The lowest BCUT2D eigenvalue weighted by atomic mass is 9.86. The van der Waals surface area contributed by atoms with Crippen LogP contribution in [-0.2, 0) is 0 Å². The Kier molecular flexibility index (Phi) is 3.62. The van der Waals surface area contributed by atoms with E-state index in [0.29, 0.717) is 24.0 Å². The summed E-state index contributed by atoms with van der Waals surface area (Å²) in [5.74, 6) is 0.989. The van der Waals surface area contributed by atoms with Gasteiger partial charge >= 0.3 is 0 Å². The third-order valence-corrected chi connectivity index (χ3v) is 3.21. The number of pyridine rings is 1. The minimum absolute atomic E-state index is 0.177. The molecular weight excluding hydrogens is 202 g/mol. The van der Waals surface area contributed by atoms with Gasteiger partial charge in [0.2, 0.25) is 5.88 Å². The van der Waals surface area contributed by atoms with Crippen molar-refractivity contribution in [3.63, 3.8) is 0 Å². The number of hydrogen-bond donors (Lipinski definition) is 2. The maximum atomic E-state index is 5.87. The topological polar surface area (TPSA) is 74.2 Å². The lowest BCUT2D eigenvalue weighted by Gasteiger charge is -2.30. The minimum Gasteiger partial charge on any atom is -0.473 e. The highest BCUT2D eigenvalue weighted by Crippen LogP contribution is 2.28. The summed E-state index contributed by atoms with van der Waals surface area (Å²) < 4.78 is 5.87. The lowest BCUT2D eigenvalue weighted by Crippen LogP contribution is -2.35. The maximum absolute atomic E-state index is 5.87. The van der Waals surface area contributed by atoms with Crippen molar-refractivity contribution in [1.82, 2.24) is 4.98 Å². The van der Waals surface area contributed by atoms with Gasteiger partial charge in [-0.15, -0.1) is 0 Å². The van der Waals surface area contributed by atoms with Gasteiger partial charge in [-0.2, -0.15) is 0 Å². The van der Waals surface area contributed by atoms with Crippen molar-refractivity contribution < 1.29 is 4.74 Å². The second-order valence-corrected chi connectivity index (χ2v) is 4.33. The second kappa shape index (κ2) is 5.16. The summed E-state index contributed by atoms with van der Waals surface area (Å²) in [6.45, 7) is 0.678. The maximum Gasteiger partial charge on any atom is 0.237 e. The first kappa shape index (κ1) is 11.2. The summed E-state index contributed by atoms with van der Waals surface area (Å²) in [5, 5.41) is 0. The van der Waals surface area contributed by atoms with Gasteiger partial charge in [0.05, 0.1) is 5.69 Å². The van der Waals surface area contributed by atoms with Gasteiger partial charge in [-0.1, -0.05) is 6.42 Å². The molecule has 0 radical (unpaired) electrons. The van der Waals surface area contributed by atoms with Crippen LogP contribution in [0.5, 0.6) is 5.88 Å². The SMILES string of the molecule is NCC1CCCCC1Oc1ncccc1N. The van der Waals surface area contributed by atoms with E-state index in [-0.39, 0.29) is 6.10 Å². The lowest BCUT2D eigenvalue weighted by molar-refractivity contribution is 0.0931. The summed E-state index contributed by atoms with van der Waals surface area (Å²) >= 11 is 0. The average molecular weight is 221 g/mol. The minimum atomic E-state index is 0.177. The monoisotopic (exact) mass is 221 g/mol. The fourth-order valence-electron chi connectivity index (χ4n) is 2.24. The molecule has 16 heavy (non-hydrogen) atoms. The van der Waals surface area contributed by atoms with Crippen LogP contribution in [0.1, 0.15) is 25.7 Å². The van der Waals surface area contributed by atoms with Crippen LogP contribution in [-0.4, -0.2) is 17.6 Å². The molecule has 2 atom stereocenters. The van der Waals surface area contributed by atoms with Gasteiger partial charge in [-0.05, 0) is 37.9 Å². The molecule has 4 nitrogen and oxygen atoms in total. The third kappa shape index (κ3) is 2.44. The fourth-order valence-corrected chi connectivity index (χ4v) is 2.24. The van der Waals surface area contributed by atoms with E-state index in [9.17, 15) is 0 Å². The molecule has 1 aliphatic rings. The predicted octanol–water partition coefficient (Wildman–Crippen LogP) is 1.56. The van der Waals surface area contributed by atoms with Gasteiger partial charge < -0.3 is 16.2 Å². The van der Waals surface area contributed by atoms with Gasteiger partial charge in [0.25, 0.3) is 0 Å². The predicted molar refractivity (Wildman–Crippen MR) is 64.1 cm³/mol. The van der Waals surface area contributed by atoms with Crippen molar-refractivity contribution in [2.24, 2.45) is 11.7 Å². The van der Waals surface area contributed by atoms with Gasteiger partial charge in [-0.3, -0.25) is 0 Å². The van der Waals surface area contributed by atoms with E-state index in [1.165, 1.54) is 12.8 Å². The van der Waals surface area contributed by atoms with Crippen LogP contribution < -0.4 is 16.2 Å². The highest BCUT2D eigenvalue weighted by Gasteiger charge is 2.26. The van der Waals surface area contributed by atoms with Crippen LogP contribution >= 0.6 is 0 Å². The Morgan fingerprint density at radius 2 is 2.19 bits per heavy atom. The molecule has 2 rings (SSSR count). The average Bonchev–Trinajstić information content (AvgIpc) is 2.33. The zero-order chi connectivity index (χ0) is 11.4. The molecule has 1 aliphatic carbocycles. The van der Waals surface area contributed by atoms with E-state index in [4.69, 9.17) is 16.2 Å². The zero-order valence-electron chi connectivity index (χ0n) is 9.43. The summed E-state index contributed by atoms with van der Waals surface area (Å²) in [6.07, 6.45) is 6.53. The number of nitrogens with two attached hydrogens (primary N) is 2. The molecule has 88 valence electrons. The van der Waals surface area contributed by atoms with Gasteiger partial charge in [-0.25, -0.2) is 4.98 Å². The Morgan fingerprint density at radius 3 is 2.94 bits per heavy atom. The number of ether oxygens (including phenoxy) is 1.